The first-order valence-electron chi connectivity index (χ1n) is 7.90. The Kier molecular flexibility index (Phi) is 6.49. The van der Waals surface area contributed by atoms with Crippen LogP contribution in [0.1, 0.15) is 29.3 Å². The normalized spacial score (nSPS) is 10.1. The van der Waals surface area contributed by atoms with Crippen molar-refractivity contribution in [2.45, 2.75) is 19.9 Å². The molecule has 0 saturated carbocycles. The number of benzene rings is 2. The molecule has 2 aromatic carbocycles. The number of methoxy groups -OCH3 is 2. The number of rotatable bonds is 8. The summed E-state index contributed by atoms with van der Waals surface area (Å²) in [6, 6.07) is 12.6. The minimum absolute atomic E-state index is 0.136. The van der Waals surface area contributed by atoms with Gasteiger partial charge in [0.2, 0.25) is 0 Å². The van der Waals surface area contributed by atoms with Gasteiger partial charge >= 0.3 is 0 Å². The summed E-state index contributed by atoms with van der Waals surface area (Å²) in [5.74, 6) is 1.96. The first-order valence-corrected chi connectivity index (χ1v) is 7.90. The van der Waals surface area contributed by atoms with E-state index >= 15 is 0 Å². The molecule has 0 aliphatic carbocycles. The van der Waals surface area contributed by atoms with Gasteiger partial charge in [-0.15, -0.1) is 0 Å². The summed E-state index contributed by atoms with van der Waals surface area (Å²) in [5, 5.41) is 2.89. The van der Waals surface area contributed by atoms with Crippen molar-refractivity contribution < 1.29 is 19.0 Å². The minimum Gasteiger partial charge on any atom is -0.497 e. The molecule has 0 spiro atoms. The maximum Gasteiger partial charge on any atom is 0.251 e. The van der Waals surface area contributed by atoms with E-state index < -0.39 is 0 Å². The summed E-state index contributed by atoms with van der Waals surface area (Å²) in [4.78, 5) is 12.2. The molecule has 0 bridgehead atoms. The molecule has 0 saturated heterocycles. The Morgan fingerprint density at radius 2 is 1.75 bits per heavy atom. The summed E-state index contributed by atoms with van der Waals surface area (Å²) in [5.41, 5.74) is 1.53. The van der Waals surface area contributed by atoms with E-state index in [4.69, 9.17) is 14.2 Å². The largest absolute Gasteiger partial charge is 0.497 e. The van der Waals surface area contributed by atoms with Crippen LogP contribution in [0, 0.1) is 0 Å². The van der Waals surface area contributed by atoms with E-state index in [1.165, 1.54) is 0 Å². The zero-order valence-electron chi connectivity index (χ0n) is 14.3. The molecule has 128 valence electrons. The van der Waals surface area contributed by atoms with Gasteiger partial charge in [0, 0.05) is 12.1 Å². The summed E-state index contributed by atoms with van der Waals surface area (Å²) < 4.78 is 16.1. The van der Waals surface area contributed by atoms with Crippen molar-refractivity contribution >= 4 is 5.91 Å². The van der Waals surface area contributed by atoms with Crippen LogP contribution < -0.4 is 19.5 Å². The second kappa shape index (κ2) is 8.82. The van der Waals surface area contributed by atoms with Crippen LogP contribution in [0.2, 0.25) is 0 Å². The maximum absolute atomic E-state index is 12.2. The fourth-order valence-corrected chi connectivity index (χ4v) is 2.18. The summed E-state index contributed by atoms with van der Waals surface area (Å²) in [6.07, 6.45) is 0.933. The Labute approximate surface area is 142 Å². The predicted octanol–water partition coefficient (Wildman–Crippen LogP) is 3.42. The van der Waals surface area contributed by atoms with Gasteiger partial charge in [-0.05, 0) is 48.4 Å². The Balaban J connectivity index is 1.98. The Hall–Kier alpha value is -2.69. The van der Waals surface area contributed by atoms with Crippen LogP contribution in [0.15, 0.2) is 42.5 Å². The second-order valence-electron chi connectivity index (χ2n) is 5.24. The zero-order valence-corrected chi connectivity index (χ0v) is 14.3. The van der Waals surface area contributed by atoms with Gasteiger partial charge in [0.05, 0.1) is 20.8 Å². The highest BCUT2D eigenvalue weighted by Gasteiger charge is 2.08. The first-order chi connectivity index (χ1) is 11.7. The van der Waals surface area contributed by atoms with Crippen molar-refractivity contribution in [2.75, 3.05) is 20.8 Å². The summed E-state index contributed by atoms with van der Waals surface area (Å²) >= 11 is 0. The van der Waals surface area contributed by atoms with Gasteiger partial charge in [0.15, 0.2) is 11.5 Å². The molecule has 1 amide bonds. The van der Waals surface area contributed by atoms with E-state index in [0.29, 0.717) is 30.2 Å². The zero-order chi connectivity index (χ0) is 17.4. The van der Waals surface area contributed by atoms with E-state index in [1.807, 2.05) is 18.2 Å². The Morgan fingerprint density at radius 3 is 2.38 bits per heavy atom. The lowest BCUT2D eigenvalue weighted by molar-refractivity contribution is 0.0951. The number of carbonyl (C=O) groups excluding carboxylic acids is 1. The quantitative estimate of drug-likeness (QED) is 0.806. The molecule has 0 atom stereocenters. The van der Waals surface area contributed by atoms with Gasteiger partial charge in [-0.3, -0.25) is 4.79 Å². The van der Waals surface area contributed by atoms with Crippen molar-refractivity contribution in [3.8, 4) is 17.2 Å². The Bertz CT molecular complexity index is 668. The van der Waals surface area contributed by atoms with E-state index in [-0.39, 0.29) is 5.91 Å². The van der Waals surface area contributed by atoms with Gasteiger partial charge in [0.1, 0.15) is 5.75 Å². The van der Waals surface area contributed by atoms with Crippen molar-refractivity contribution in [1.29, 1.82) is 0 Å². The van der Waals surface area contributed by atoms with Crippen molar-refractivity contribution in [2.24, 2.45) is 0 Å². The highest BCUT2D eigenvalue weighted by Crippen LogP contribution is 2.28. The highest BCUT2D eigenvalue weighted by atomic mass is 16.5. The average Bonchev–Trinajstić information content (AvgIpc) is 2.64. The van der Waals surface area contributed by atoms with Crippen LogP contribution in [0.4, 0.5) is 0 Å². The van der Waals surface area contributed by atoms with Crippen LogP contribution in [0.25, 0.3) is 0 Å². The van der Waals surface area contributed by atoms with E-state index in [9.17, 15) is 4.79 Å². The molecule has 2 aromatic rings. The number of carbonyl (C=O) groups is 1. The van der Waals surface area contributed by atoms with Crippen LogP contribution in [-0.4, -0.2) is 26.7 Å². The van der Waals surface area contributed by atoms with Gasteiger partial charge in [-0.25, -0.2) is 0 Å². The molecule has 0 aromatic heterocycles. The van der Waals surface area contributed by atoms with Crippen molar-refractivity contribution in [1.82, 2.24) is 5.32 Å². The van der Waals surface area contributed by atoms with Crippen molar-refractivity contribution in [3.05, 3.63) is 53.6 Å². The monoisotopic (exact) mass is 329 g/mol. The molecule has 0 aliphatic rings. The highest BCUT2D eigenvalue weighted by molar-refractivity contribution is 5.94. The van der Waals surface area contributed by atoms with Crippen LogP contribution >= 0.6 is 0 Å². The lowest BCUT2D eigenvalue weighted by atomic mass is 10.1. The summed E-state index contributed by atoms with van der Waals surface area (Å²) in [7, 11) is 3.20. The molecular formula is C19H23NO4. The molecule has 0 unspecified atom stereocenters. The molecule has 5 heteroatoms. The fraction of sp³-hybridized carbons (Fsp3) is 0.316. The number of amides is 1. The third-order valence-corrected chi connectivity index (χ3v) is 3.50. The summed E-state index contributed by atoms with van der Waals surface area (Å²) in [6.45, 7) is 3.11. The lowest BCUT2D eigenvalue weighted by Crippen LogP contribution is -2.22. The molecule has 24 heavy (non-hydrogen) atoms. The predicted molar refractivity (Wildman–Crippen MR) is 92.9 cm³/mol. The van der Waals surface area contributed by atoms with Crippen LogP contribution in [-0.2, 0) is 6.54 Å². The molecule has 5 nitrogen and oxygen atoms in total. The van der Waals surface area contributed by atoms with Gasteiger partial charge in [-0.1, -0.05) is 13.0 Å². The molecule has 1 N–H and O–H groups in total. The van der Waals surface area contributed by atoms with Crippen LogP contribution in [0.5, 0.6) is 17.2 Å². The molecule has 2 rings (SSSR count). The van der Waals surface area contributed by atoms with E-state index in [1.54, 1.807) is 38.5 Å². The minimum atomic E-state index is -0.136. The van der Waals surface area contributed by atoms with Gasteiger partial charge in [0.25, 0.3) is 5.91 Å². The smallest absolute Gasteiger partial charge is 0.251 e. The first kappa shape index (κ1) is 17.7. The average molecular weight is 329 g/mol. The number of ether oxygens (including phenoxy) is 3. The van der Waals surface area contributed by atoms with Gasteiger partial charge in [-0.2, -0.15) is 0 Å². The SMILES string of the molecule is CCCOc1ccc(CNC(=O)c2ccc(OC)cc2)cc1OC. The standard InChI is InChI=1S/C19H23NO4/c1-4-11-24-17-10-5-14(12-18(17)23-3)13-20-19(21)15-6-8-16(22-2)9-7-15/h5-10,12H,4,11,13H2,1-3H3,(H,20,21). The molecule has 0 radical (unpaired) electrons. The Morgan fingerprint density at radius 1 is 1.00 bits per heavy atom. The maximum atomic E-state index is 12.2. The van der Waals surface area contributed by atoms with Crippen molar-refractivity contribution in [3.63, 3.8) is 0 Å². The molecule has 0 aliphatic heterocycles. The third-order valence-electron chi connectivity index (χ3n) is 3.50. The molecule has 0 heterocycles. The number of hydrogen-bond acceptors (Lipinski definition) is 4. The van der Waals surface area contributed by atoms with E-state index in [2.05, 4.69) is 12.2 Å². The number of nitrogens with one attached hydrogen (secondary N) is 1. The fourth-order valence-electron chi connectivity index (χ4n) is 2.18. The van der Waals surface area contributed by atoms with E-state index in [0.717, 1.165) is 17.7 Å². The topological polar surface area (TPSA) is 56.8 Å². The van der Waals surface area contributed by atoms with Gasteiger partial charge < -0.3 is 19.5 Å². The third kappa shape index (κ3) is 4.65. The molecular weight excluding hydrogens is 306 g/mol. The lowest BCUT2D eigenvalue weighted by Gasteiger charge is -2.12. The molecule has 0 fully saturated rings. The van der Waals surface area contributed by atoms with Crippen LogP contribution in [0.3, 0.4) is 0 Å². The second-order valence-corrected chi connectivity index (χ2v) is 5.24. The number of hydrogen-bond donors (Lipinski definition) is 1.